The van der Waals surface area contributed by atoms with Crippen LogP contribution >= 0.6 is 11.3 Å². The zero-order valence-electron chi connectivity index (χ0n) is 20.9. The molecule has 4 rings (SSSR count). The molecular weight excluding hydrogens is 508 g/mol. The van der Waals surface area contributed by atoms with Crippen LogP contribution in [0.25, 0.3) is 11.3 Å². The zero-order chi connectivity index (χ0) is 27.2. The van der Waals surface area contributed by atoms with Crippen molar-refractivity contribution in [3.05, 3.63) is 100 Å². The molecule has 0 aliphatic rings. The summed E-state index contributed by atoms with van der Waals surface area (Å²) in [6, 6.07) is 19.0. The smallest absolute Gasteiger partial charge is 0.305 e. The predicted molar refractivity (Wildman–Crippen MR) is 145 cm³/mol. The summed E-state index contributed by atoms with van der Waals surface area (Å²) in [5, 5.41) is 13.8. The van der Waals surface area contributed by atoms with E-state index in [1.165, 1.54) is 23.0 Å². The molecule has 38 heavy (non-hydrogen) atoms. The number of nitrogens with one attached hydrogen (secondary N) is 1. The summed E-state index contributed by atoms with van der Waals surface area (Å²) >= 11 is 1.39. The fraction of sp³-hybridized carbons (Fsp3) is 0.207. The molecule has 0 spiro atoms. The number of aromatic nitrogens is 1. The number of hydrogen-bond acceptors (Lipinski definition) is 5. The largest absolute Gasteiger partial charge is 0.481 e. The summed E-state index contributed by atoms with van der Waals surface area (Å²) < 4.78 is 27.2. The van der Waals surface area contributed by atoms with Crippen molar-refractivity contribution in [1.29, 1.82) is 0 Å². The number of carbonyl (C=O) groups excluding carboxylic acids is 1. The molecule has 0 aliphatic carbocycles. The molecule has 1 amide bonds. The third-order valence-electron chi connectivity index (χ3n) is 5.99. The molecule has 0 aliphatic heterocycles. The molecule has 1 aromatic heterocycles. The van der Waals surface area contributed by atoms with Crippen molar-refractivity contribution in [3.63, 3.8) is 0 Å². The zero-order valence-corrected chi connectivity index (χ0v) is 21.8. The standard InChI is InChI=1S/C29H27F2N3O3S/c1-18(2)20-7-10-23(11-8-20)34(29-33-26(17-38-29)22-9-12-24(30)25(31)15-22)16-19-3-5-21(6-4-19)28(37)32-14-13-27(35)36/h3-12,15,17-18H,13-14,16H2,1-2H3,(H,32,37)(H,35,36). The Morgan fingerprint density at radius 1 is 1.00 bits per heavy atom. The highest BCUT2D eigenvalue weighted by Gasteiger charge is 2.17. The summed E-state index contributed by atoms with van der Waals surface area (Å²) in [5.74, 6) is -2.76. The van der Waals surface area contributed by atoms with E-state index in [0.29, 0.717) is 34.4 Å². The Labute approximate surface area is 223 Å². The van der Waals surface area contributed by atoms with Gasteiger partial charge in [-0.25, -0.2) is 13.8 Å². The first kappa shape index (κ1) is 26.9. The Balaban J connectivity index is 1.59. The molecule has 3 aromatic carbocycles. The average Bonchev–Trinajstić information content (AvgIpc) is 3.39. The van der Waals surface area contributed by atoms with Gasteiger partial charge in [0.05, 0.1) is 18.7 Å². The lowest BCUT2D eigenvalue weighted by Crippen LogP contribution is -2.26. The van der Waals surface area contributed by atoms with Crippen molar-refractivity contribution < 1.29 is 23.5 Å². The average molecular weight is 536 g/mol. The number of carbonyl (C=O) groups is 2. The van der Waals surface area contributed by atoms with Gasteiger partial charge in [-0.2, -0.15) is 0 Å². The van der Waals surface area contributed by atoms with Gasteiger partial charge in [0.15, 0.2) is 16.8 Å². The van der Waals surface area contributed by atoms with Gasteiger partial charge < -0.3 is 15.3 Å². The van der Waals surface area contributed by atoms with E-state index in [0.717, 1.165) is 23.4 Å². The maximum Gasteiger partial charge on any atom is 0.305 e. The third-order valence-corrected chi connectivity index (χ3v) is 6.85. The number of thiazole rings is 1. The molecule has 0 atom stereocenters. The Bertz CT molecular complexity index is 1420. The predicted octanol–water partition coefficient (Wildman–Crippen LogP) is 6.75. The molecule has 0 saturated heterocycles. The number of carboxylic acids is 1. The van der Waals surface area contributed by atoms with Crippen LogP contribution in [0.3, 0.4) is 0 Å². The van der Waals surface area contributed by atoms with Crippen LogP contribution in [-0.2, 0) is 11.3 Å². The second-order valence-corrected chi connectivity index (χ2v) is 9.91. The number of amides is 1. The maximum atomic E-state index is 13.8. The molecule has 6 nitrogen and oxygen atoms in total. The van der Waals surface area contributed by atoms with E-state index >= 15 is 0 Å². The Kier molecular flexibility index (Phi) is 8.48. The van der Waals surface area contributed by atoms with Gasteiger partial charge in [0.2, 0.25) is 0 Å². The van der Waals surface area contributed by atoms with Gasteiger partial charge in [-0.15, -0.1) is 11.3 Å². The topological polar surface area (TPSA) is 82.5 Å². The van der Waals surface area contributed by atoms with Crippen molar-refractivity contribution in [2.75, 3.05) is 11.4 Å². The molecule has 0 fully saturated rings. The van der Waals surface area contributed by atoms with E-state index in [4.69, 9.17) is 10.1 Å². The van der Waals surface area contributed by atoms with Crippen molar-refractivity contribution in [2.45, 2.75) is 32.7 Å². The summed E-state index contributed by atoms with van der Waals surface area (Å²) in [4.78, 5) is 29.7. The number of carboxylic acid groups (broad SMARTS) is 1. The molecule has 0 bridgehead atoms. The maximum absolute atomic E-state index is 13.8. The summed E-state index contributed by atoms with van der Waals surface area (Å²) in [6.07, 6.45) is -0.144. The van der Waals surface area contributed by atoms with Crippen LogP contribution < -0.4 is 10.2 Å². The SMILES string of the molecule is CC(C)c1ccc(N(Cc2ccc(C(=O)NCCC(=O)O)cc2)c2nc(-c3ccc(F)c(F)c3)cs2)cc1. The van der Waals surface area contributed by atoms with Crippen molar-refractivity contribution in [2.24, 2.45) is 0 Å². The number of benzene rings is 3. The number of aliphatic carboxylic acids is 1. The van der Waals surface area contributed by atoms with Gasteiger partial charge in [-0.3, -0.25) is 9.59 Å². The van der Waals surface area contributed by atoms with Crippen LogP contribution in [0.15, 0.2) is 72.1 Å². The highest BCUT2D eigenvalue weighted by atomic mass is 32.1. The van der Waals surface area contributed by atoms with Gasteiger partial charge in [0.25, 0.3) is 5.91 Å². The summed E-state index contributed by atoms with van der Waals surface area (Å²) in [5.41, 5.74) is 4.50. The number of nitrogens with zero attached hydrogens (tertiary/aromatic N) is 2. The molecule has 0 saturated carbocycles. The van der Waals surface area contributed by atoms with Crippen LogP contribution in [0.5, 0.6) is 0 Å². The molecule has 4 aromatic rings. The normalized spacial score (nSPS) is 11.0. The highest BCUT2D eigenvalue weighted by molar-refractivity contribution is 7.14. The van der Waals surface area contributed by atoms with Crippen LogP contribution in [0, 0.1) is 11.6 Å². The van der Waals surface area contributed by atoms with Gasteiger partial charge in [-0.1, -0.05) is 38.1 Å². The van der Waals surface area contributed by atoms with Crippen molar-refractivity contribution in [3.8, 4) is 11.3 Å². The number of hydrogen-bond donors (Lipinski definition) is 2. The third kappa shape index (κ3) is 6.60. The molecule has 2 N–H and O–H groups in total. The number of anilines is 2. The summed E-state index contributed by atoms with van der Waals surface area (Å²) in [6.45, 7) is 4.76. The number of halogens is 2. The molecule has 0 unspecified atom stereocenters. The minimum Gasteiger partial charge on any atom is -0.481 e. The fourth-order valence-corrected chi connectivity index (χ4v) is 4.67. The van der Waals surface area contributed by atoms with E-state index in [1.807, 2.05) is 34.5 Å². The van der Waals surface area contributed by atoms with Crippen LogP contribution in [-0.4, -0.2) is 28.5 Å². The second kappa shape index (κ2) is 12.0. The van der Waals surface area contributed by atoms with Crippen molar-refractivity contribution in [1.82, 2.24) is 10.3 Å². The lowest BCUT2D eigenvalue weighted by Gasteiger charge is -2.23. The van der Waals surface area contributed by atoms with E-state index in [9.17, 15) is 18.4 Å². The van der Waals surface area contributed by atoms with Crippen molar-refractivity contribution >= 4 is 34.0 Å². The van der Waals surface area contributed by atoms with Gasteiger partial charge in [0, 0.05) is 28.7 Å². The molecule has 1 heterocycles. The minimum absolute atomic E-state index is 0.0560. The summed E-state index contributed by atoms with van der Waals surface area (Å²) in [7, 11) is 0. The van der Waals surface area contributed by atoms with E-state index in [1.54, 1.807) is 12.1 Å². The Hall–Kier alpha value is -4.11. The van der Waals surface area contributed by atoms with Crippen LogP contribution in [0.2, 0.25) is 0 Å². The quantitative estimate of drug-likeness (QED) is 0.235. The van der Waals surface area contributed by atoms with E-state index < -0.39 is 17.6 Å². The molecule has 196 valence electrons. The van der Waals surface area contributed by atoms with E-state index in [-0.39, 0.29) is 18.9 Å². The Morgan fingerprint density at radius 3 is 2.34 bits per heavy atom. The van der Waals surface area contributed by atoms with E-state index in [2.05, 4.69) is 31.3 Å². The molecule has 9 heteroatoms. The minimum atomic E-state index is -0.975. The monoisotopic (exact) mass is 535 g/mol. The van der Waals surface area contributed by atoms with Crippen LogP contribution in [0.4, 0.5) is 19.6 Å². The van der Waals surface area contributed by atoms with Gasteiger partial charge in [-0.05, 0) is 59.5 Å². The lowest BCUT2D eigenvalue weighted by atomic mass is 10.0. The van der Waals surface area contributed by atoms with Gasteiger partial charge >= 0.3 is 5.97 Å². The molecule has 0 radical (unpaired) electrons. The first-order chi connectivity index (χ1) is 18.2. The molecular formula is C29H27F2N3O3S. The highest BCUT2D eigenvalue weighted by Crippen LogP contribution is 2.34. The number of rotatable bonds is 10. The fourth-order valence-electron chi connectivity index (χ4n) is 3.81. The van der Waals surface area contributed by atoms with Crippen LogP contribution in [0.1, 0.15) is 47.7 Å². The first-order valence-corrected chi connectivity index (χ1v) is 13.0. The second-order valence-electron chi connectivity index (χ2n) is 9.07. The lowest BCUT2D eigenvalue weighted by molar-refractivity contribution is -0.136. The Morgan fingerprint density at radius 2 is 1.71 bits per heavy atom. The van der Waals surface area contributed by atoms with Gasteiger partial charge in [0.1, 0.15) is 0 Å². The first-order valence-electron chi connectivity index (χ1n) is 12.1.